The molecule has 1 rings (SSSR count). The van der Waals surface area contributed by atoms with E-state index in [0.29, 0.717) is 6.54 Å². The average Bonchev–Trinajstić information content (AvgIpc) is 2.34. The molecular weight excluding hydrogens is 265 g/mol. The first-order valence-electron chi connectivity index (χ1n) is 6.95. The van der Waals surface area contributed by atoms with E-state index in [-0.39, 0.29) is 0 Å². The Balaban J connectivity index is 2.56. The highest BCUT2D eigenvalue weighted by atomic mass is 19.4. The molecule has 0 spiro atoms. The summed E-state index contributed by atoms with van der Waals surface area (Å²) in [7, 11) is 1.50. The number of nitrogens with zero attached hydrogens (tertiary/aromatic N) is 1. The maximum absolute atomic E-state index is 12.3. The van der Waals surface area contributed by atoms with Gasteiger partial charge in [-0.3, -0.25) is 4.90 Å². The van der Waals surface area contributed by atoms with Gasteiger partial charge in [0, 0.05) is 6.54 Å². The highest BCUT2D eigenvalue weighted by molar-refractivity contribution is 5.27. The fourth-order valence-electron chi connectivity index (χ4n) is 2.13. The average molecular weight is 288 g/mol. The summed E-state index contributed by atoms with van der Waals surface area (Å²) in [5.74, 6) is 0. The predicted molar refractivity (Wildman–Crippen MR) is 75.7 cm³/mol. The number of halogens is 3. The molecule has 0 amide bonds. The van der Waals surface area contributed by atoms with Gasteiger partial charge in [0.2, 0.25) is 0 Å². The van der Waals surface area contributed by atoms with Crippen molar-refractivity contribution in [2.75, 3.05) is 26.7 Å². The summed E-state index contributed by atoms with van der Waals surface area (Å²) in [6.45, 7) is 3.37. The van der Waals surface area contributed by atoms with Crippen molar-refractivity contribution in [3.8, 4) is 0 Å². The van der Waals surface area contributed by atoms with Crippen molar-refractivity contribution in [1.82, 2.24) is 10.2 Å². The fourth-order valence-corrected chi connectivity index (χ4v) is 2.13. The van der Waals surface area contributed by atoms with Crippen LogP contribution in [-0.4, -0.2) is 37.8 Å². The molecule has 0 aliphatic carbocycles. The SMILES string of the molecule is CCCNCCc1ccccc1CN(C)CC(F)(F)F. The van der Waals surface area contributed by atoms with E-state index in [1.807, 2.05) is 24.3 Å². The molecular formula is C15H23F3N2. The molecule has 0 saturated carbocycles. The molecule has 0 saturated heterocycles. The van der Waals surface area contributed by atoms with Crippen LogP contribution in [0.2, 0.25) is 0 Å². The molecule has 0 atom stereocenters. The number of nitrogens with one attached hydrogen (secondary N) is 1. The van der Waals surface area contributed by atoms with Gasteiger partial charge in [-0.15, -0.1) is 0 Å². The molecule has 1 aromatic rings. The van der Waals surface area contributed by atoms with Crippen molar-refractivity contribution in [2.24, 2.45) is 0 Å². The summed E-state index contributed by atoms with van der Waals surface area (Å²) in [6.07, 6.45) is -2.22. The van der Waals surface area contributed by atoms with Gasteiger partial charge >= 0.3 is 6.18 Å². The van der Waals surface area contributed by atoms with Crippen molar-refractivity contribution in [3.63, 3.8) is 0 Å². The maximum Gasteiger partial charge on any atom is 0.401 e. The van der Waals surface area contributed by atoms with E-state index in [2.05, 4.69) is 12.2 Å². The summed E-state index contributed by atoms with van der Waals surface area (Å²) in [4.78, 5) is 1.30. The molecule has 0 unspecified atom stereocenters. The molecule has 0 fully saturated rings. The molecule has 0 aliphatic rings. The van der Waals surface area contributed by atoms with Crippen LogP contribution in [0.3, 0.4) is 0 Å². The fraction of sp³-hybridized carbons (Fsp3) is 0.600. The predicted octanol–water partition coefficient (Wildman–Crippen LogP) is 3.22. The van der Waals surface area contributed by atoms with E-state index in [0.717, 1.165) is 37.1 Å². The van der Waals surface area contributed by atoms with Crippen molar-refractivity contribution in [3.05, 3.63) is 35.4 Å². The lowest BCUT2D eigenvalue weighted by Crippen LogP contribution is -2.31. The van der Waals surface area contributed by atoms with Crippen molar-refractivity contribution in [2.45, 2.75) is 32.5 Å². The second-order valence-corrected chi connectivity index (χ2v) is 5.06. The number of benzene rings is 1. The Morgan fingerprint density at radius 2 is 1.75 bits per heavy atom. The number of hydrogen-bond donors (Lipinski definition) is 1. The van der Waals surface area contributed by atoms with Gasteiger partial charge in [-0.05, 0) is 44.1 Å². The molecule has 5 heteroatoms. The molecule has 0 aromatic heterocycles. The lowest BCUT2D eigenvalue weighted by molar-refractivity contribution is -0.144. The van der Waals surface area contributed by atoms with Crippen LogP contribution in [0.5, 0.6) is 0 Å². The maximum atomic E-state index is 12.3. The first-order valence-corrected chi connectivity index (χ1v) is 6.95. The smallest absolute Gasteiger partial charge is 0.316 e. The van der Waals surface area contributed by atoms with Crippen LogP contribution in [0.1, 0.15) is 24.5 Å². The van der Waals surface area contributed by atoms with Crippen molar-refractivity contribution < 1.29 is 13.2 Å². The van der Waals surface area contributed by atoms with Crippen LogP contribution in [0.4, 0.5) is 13.2 Å². The zero-order valence-corrected chi connectivity index (χ0v) is 12.1. The first kappa shape index (κ1) is 17.0. The molecule has 20 heavy (non-hydrogen) atoms. The minimum atomic E-state index is -4.15. The van der Waals surface area contributed by atoms with Gasteiger partial charge in [0.25, 0.3) is 0 Å². The Labute approximate surface area is 119 Å². The summed E-state index contributed by atoms with van der Waals surface area (Å²) in [5.41, 5.74) is 2.09. The zero-order valence-electron chi connectivity index (χ0n) is 12.1. The van der Waals surface area contributed by atoms with Gasteiger partial charge in [-0.1, -0.05) is 31.2 Å². The van der Waals surface area contributed by atoms with E-state index in [1.54, 1.807) is 0 Å². The largest absolute Gasteiger partial charge is 0.401 e. The minimum absolute atomic E-state index is 0.323. The van der Waals surface area contributed by atoms with E-state index in [4.69, 9.17) is 0 Å². The van der Waals surface area contributed by atoms with Crippen LogP contribution < -0.4 is 5.32 Å². The second-order valence-electron chi connectivity index (χ2n) is 5.06. The van der Waals surface area contributed by atoms with Crippen molar-refractivity contribution in [1.29, 1.82) is 0 Å². The number of alkyl halides is 3. The van der Waals surface area contributed by atoms with Gasteiger partial charge in [-0.25, -0.2) is 0 Å². The van der Waals surface area contributed by atoms with Gasteiger partial charge in [0.15, 0.2) is 0 Å². The van der Waals surface area contributed by atoms with Gasteiger partial charge in [0.1, 0.15) is 0 Å². The van der Waals surface area contributed by atoms with E-state index >= 15 is 0 Å². The molecule has 0 aliphatic heterocycles. The molecule has 0 bridgehead atoms. The van der Waals surface area contributed by atoms with E-state index in [9.17, 15) is 13.2 Å². The molecule has 114 valence electrons. The van der Waals surface area contributed by atoms with Gasteiger partial charge in [0.05, 0.1) is 6.54 Å². The summed E-state index contributed by atoms with van der Waals surface area (Å²) >= 11 is 0. The monoisotopic (exact) mass is 288 g/mol. The Morgan fingerprint density at radius 3 is 2.35 bits per heavy atom. The summed E-state index contributed by atoms with van der Waals surface area (Å²) in [5, 5.41) is 3.31. The summed E-state index contributed by atoms with van der Waals surface area (Å²) in [6, 6.07) is 7.70. The Hall–Kier alpha value is -1.07. The highest BCUT2D eigenvalue weighted by Crippen LogP contribution is 2.18. The van der Waals surface area contributed by atoms with Crippen LogP contribution in [0.15, 0.2) is 24.3 Å². The lowest BCUT2D eigenvalue weighted by atomic mass is 10.0. The third-order valence-corrected chi connectivity index (χ3v) is 3.01. The highest BCUT2D eigenvalue weighted by Gasteiger charge is 2.29. The number of hydrogen-bond acceptors (Lipinski definition) is 2. The lowest BCUT2D eigenvalue weighted by Gasteiger charge is -2.20. The van der Waals surface area contributed by atoms with Crippen LogP contribution >= 0.6 is 0 Å². The normalized spacial score (nSPS) is 12.1. The minimum Gasteiger partial charge on any atom is -0.316 e. The Kier molecular flexibility index (Phi) is 7.02. The topological polar surface area (TPSA) is 15.3 Å². The molecule has 1 aromatic carbocycles. The number of rotatable bonds is 8. The second kappa shape index (κ2) is 8.27. The zero-order chi connectivity index (χ0) is 15.0. The van der Waals surface area contributed by atoms with Crippen molar-refractivity contribution >= 4 is 0 Å². The molecule has 0 heterocycles. The first-order chi connectivity index (χ1) is 9.42. The molecule has 2 nitrogen and oxygen atoms in total. The van der Waals surface area contributed by atoms with Crippen LogP contribution in [-0.2, 0) is 13.0 Å². The van der Waals surface area contributed by atoms with Crippen LogP contribution in [0, 0.1) is 0 Å². The Bertz CT molecular complexity index is 391. The van der Waals surface area contributed by atoms with Gasteiger partial charge in [-0.2, -0.15) is 13.2 Å². The third kappa shape index (κ3) is 6.91. The molecule has 1 N–H and O–H groups in total. The molecule has 0 radical (unpaired) electrons. The van der Waals surface area contributed by atoms with Crippen LogP contribution in [0.25, 0.3) is 0 Å². The quantitative estimate of drug-likeness (QED) is 0.739. The summed E-state index contributed by atoms with van der Waals surface area (Å²) < 4.78 is 37.0. The Morgan fingerprint density at radius 1 is 1.10 bits per heavy atom. The van der Waals surface area contributed by atoms with Gasteiger partial charge < -0.3 is 5.32 Å². The van der Waals surface area contributed by atoms with E-state index < -0.39 is 12.7 Å². The third-order valence-electron chi connectivity index (χ3n) is 3.01. The van der Waals surface area contributed by atoms with E-state index in [1.165, 1.54) is 11.9 Å². The standard InChI is InChI=1S/C15H23F3N2/c1-3-9-19-10-8-13-6-4-5-7-14(13)11-20(2)12-15(16,17)18/h4-7,19H,3,8-12H2,1-2H3.